The van der Waals surface area contributed by atoms with Crippen molar-refractivity contribution in [2.24, 2.45) is 5.73 Å². The molecule has 1 amide bonds. The number of hydrogen-bond acceptors (Lipinski definition) is 2. The van der Waals surface area contributed by atoms with E-state index in [9.17, 15) is 4.79 Å². The second kappa shape index (κ2) is 4.01. The number of halogens is 1. The van der Waals surface area contributed by atoms with E-state index in [1.807, 2.05) is 18.3 Å². The first-order chi connectivity index (χ1) is 7.18. The zero-order chi connectivity index (χ0) is 10.8. The minimum Gasteiger partial charge on any atom is -0.366 e. The second-order valence-electron chi connectivity index (χ2n) is 2.98. The van der Waals surface area contributed by atoms with Crippen LogP contribution in [0.3, 0.4) is 0 Å². The maximum atomic E-state index is 11.2. The zero-order valence-corrected chi connectivity index (χ0v) is 9.88. The molecule has 1 aromatic carbocycles. The molecule has 0 unspecified atom stereocenters. The fraction of sp³-hybridized carbons (Fsp3) is 0. The van der Waals surface area contributed by atoms with Gasteiger partial charge < -0.3 is 5.73 Å². The van der Waals surface area contributed by atoms with Crippen molar-refractivity contribution >= 4 is 28.5 Å². The van der Waals surface area contributed by atoms with Gasteiger partial charge in [-0.15, -0.1) is 0 Å². The lowest BCUT2D eigenvalue weighted by Crippen LogP contribution is -2.14. The molecule has 0 fully saturated rings. The minimum atomic E-state index is -0.448. The Bertz CT molecular complexity index is 507. The van der Waals surface area contributed by atoms with Gasteiger partial charge in [0.1, 0.15) is 0 Å². The molecule has 1 aromatic heterocycles. The molecule has 0 aliphatic heterocycles. The molecular weight excluding hydrogens is 305 g/mol. The first-order valence-corrected chi connectivity index (χ1v) is 5.36. The molecule has 0 bridgehead atoms. The Morgan fingerprint density at radius 2 is 2.13 bits per heavy atom. The molecule has 0 saturated carbocycles. The quantitative estimate of drug-likeness (QED) is 0.856. The number of rotatable bonds is 2. The molecule has 0 radical (unpaired) electrons. The number of aromatic nitrogens is 2. The molecule has 0 spiro atoms. The van der Waals surface area contributed by atoms with Gasteiger partial charge >= 0.3 is 0 Å². The van der Waals surface area contributed by atoms with E-state index in [4.69, 9.17) is 5.73 Å². The summed E-state index contributed by atoms with van der Waals surface area (Å²) in [7, 11) is 0. The third kappa shape index (κ3) is 2.01. The van der Waals surface area contributed by atoms with Crippen molar-refractivity contribution in [2.75, 3.05) is 0 Å². The summed E-state index contributed by atoms with van der Waals surface area (Å²) < 4.78 is 2.65. The molecule has 4 nitrogen and oxygen atoms in total. The average Bonchev–Trinajstić information content (AvgIpc) is 2.65. The summed E-state index contributed by atoms with van der Waals surface area (Å²) in [6.45, 7) is 0. The Balaban J connectivity index is 2.57. The molecule has 2 aromatic rings. The van der Waals surface area contributed by atoms with Crippen LogP contribution in [0.4, 0.5) is 0 Å². The van der Waals surface area contributed by atoms with Gasteiger partial charge in [0.2, 0.25) is 0 Å². The topological polar surface area (TPSA) is 60.9 Å². The lowest BCUT2D eigenvalue weighted by molar-refractivity contribution is 0.1000. The number of carbonyl (C=O) groups is 1. The van der Waals surface area contributed by atoms with Gasteiger partial charge in [-0.1, -0.05) is 12.1 Å². The minimum absolute atomic E-state index is 0.448. The highest BCUT2D eigenvalue weighted by Gasteiger charge is 2.09. The smallest absolute Gasteiger partial charge is 0.250 e. The summed E-state index contributed by atoms with van der Waals surface area (Å²) in [6.07, 6.45) is 3.56. The van der Waals surface area contributed by atoms with Crippen LogP contribution in [0.5, 0.6) is 0 Å². The van der Waals surface area contributed by atoms with E-state index in [0.717, 1.165) is 3.57 Å². The van der Waals surface area contributed by atoms with Crippen LogP contribution in [0, 0.1) is 3.57 Å². The highest BCUT2D eigenvalue weighted by atomic mass is 127. The van der Waals surface area contributed by atoms with E-state index in [2.05, 4.69) is 27.7 Å². The van der Waals surface area contributed by atoms with Crippen molar-refractivity contribution in [1.82, 2.24) is 9.78 Å². The number of nitrogens with two attached hydrogens (primary N) is 1. The first kappa shape index (κ1) is 10.2. The lowest BCUT2D eigenvalue weighted by atomic mass is 10.2. The van der Waals surface area contributed by atoms with Gasteiger partial charge in [-0.25, -0.2) is 4.68 Å². The first-order valence-electron chi connectivity index (χ1n) is 4.28. The molecule has 0 saturated heterocycles. The third-order valence-corrected chi connectivity index (χ3v) is 2.52. The number of benzene rings is 1. The van der Waals surface area contributed by atoms with Crippen molar-refractivity contribution in [2.45, 2.75) is 0 Å². The van der Waals surface area contributed by atoms with Crippen molar-refractivity contribution in [3.8, 4) is 5.69 Å². The molecule has 76 valence electrons. The predicted octanol–water partition coefficient (Wildman–Crippen LogP) is 1.58. The van der Waals surface area contributed by atoms with Gasteiger partial charge in [-0.3, -0.25) is 4.79 Å². The molecule has 0 atom stereocenters. The van der Waals surface area contributed by atoms with E-state index in [-0.39, 0.29) is 0 Å². The lowest BCUT2D eigenvalue weighted by Gasteiger charge is -2.05. The number of hydrogen-bond donors (Lipinski definition) is 1. The number of carbonyl (C=O) groups excluding carboxylic acids is 1. The van der Waals surface area contributed by atoms with Crippen molar-refractivity contribution in [1.29, 1.82) is 0 Å². The van der Waals surface area contributed by atoms with Gasteiger partial charge in [-0.2, -0.15) is 5.10 Å². The summed E-state index contributed by atoms with van der Waals surface area (Å²) in [5, 5.41) is 4.13. The van der Waals surface area contributed by atoms with Gasteiger partial charge in [0, 0.05) is 6.20 Å². The monoisotopic (exact) mass is 313 g/mol. The summed E-state index contributed by atoms with van der Waals surface area (Å²) >= 11 is 2.16. The van der Waals surface area contributed by atoms with Crippen LogP contribution < -0.4 is 5.73 Å². The van der Waals surface area contributed by atoms with Gasteiger partial charge in [0.05, 0.1) is 21.0 Å². The van der Waals surface area contributed by atoms with Crippen LogP contribution in [-0.4, -0.2) is 15.7 Å². The fourth-order valence-electron chi connectivity index (χ4n) is 1.31. The van der Waals surface area contributed by atoms with E-state index in [0.29, 0.717) is 11.3 Å². The third-order valence-electron chi connectivity index (χ3n) is 1.97. The summed E-state index contributed by atoms with van der Waals surface area (Å²) in [5.41, 5.74) is 6.45. The Kier molecular flexibility index (Phi) is 2.72. The van der Waals surface area contributed by atoms with Gasteiger partial charge in [0.15, 0.2) is 0 Å². The molecule has 0 aliphatic carbocycles. The Morgan fingerprint density at radius 1 is 1.40 bits per heavy atom. The van der Waals surface area contributed by atoms with E-state index in [1.165, 1.54) is 0 Å². The Labute approximate surface area is 100 Å². The van der Waals surface area contributed by atoms with Crippen LogP contribution in [0.25, 0.3) is 5.69 Å². The average molecular weight is 313 g/mol. The second-order valence-corrected chi connectivity index (χ2v) is 4.23. The highest BCUT2D eigenvalue weighted by Crippen LogP contribution is 2.14. The van der Waals surface area contributed by atoms with Crippen LogP contribution in [-0.2, 0) is 0 Å². The van der Waals surface area contributed by atoms with Crippen molar-refractivity contribution in [3.63, 3.8) is 0 Å². The summed E-state index contributed by atoms with van der Waals surface area (Å²) in [4.78, 5) is 11.2. The summed E-state index contributed by atoms with van der Waals surface area (Å²) in [5.74, 6) is -0.448. The zero-order valence-electron chi connectivity index (χ0n) is 7.72. The number of para-hydroxylation sites is 1. The fourth-order valence-corrected chi connectivity index (χ4v) is 1.70. The standard InChI is InChI=1S/C10H8IN3O/c11-7-5-13-14(6-7)9-4-2-1-3-8(9)10(12)15/h1-6H,(H2,12,15). The SMILES string of the molecule is NC(=O)c1ccccc1-n1cc(I)cn1. The maximum absolute atomic E-state index is 11.2. The van der Waals surface area contributed by atoms with Gasteiger partial charge in [-0.05, 0) is 34.7 Å². The molecular formula is C10H8IN3O. The van der Waals surface area contributed by atoms with E-state index >= 15 is 0 Å². The van der Waals surface area contributed by atoms with Crippen LogP contribution >= 0.6 is 22.6 Å². The van der Waals surface area contributed by atoms with E-state index in [1.54, 1.807) is 23.0 Å². The normalized spacial score (nSPS) is 10.2. The maximum Gasteiger partial charge on any atom is 0.250 e. The predicted molar refractivity (Wildman–Crippen MR) is 64.8 cm³/mol. The van der Waals surface area contributed by atoms with E-state index < -0.39 is 5.91 Å². The Morgan fingerprint density at radius 3 is 2.73 bits per heavy atom. The van der Waals surface area contributed by atoms with Crippen LogP contribution in [0.1, 0.15) is 10.4 Å². The number of nitrogens with zero attached hydrogens (tertiary/aromatic N) is 2. The molecule has 1 heterocycles. The Hall–Kier alpha value is -1.37. The van der Waals surface area contributed by atoms with Crippen molar-refractivity contribution in [3.05, 3.63) is 45.8 Å². The van der Waals surface area contributed by atoms with Crippen LogP contribution in [0.2, 0.25) is 0 Å². The summed E-state index contributed by atoms with van der Waals surface area (Å²) in [6, 6.07) is 7.11. The molecule has 2 rings (SSSR count). The molecule has 15 heavy (non-hydrogen) atoms. The number of amides is 1. The molecule has 0 aliphatic rings. The molecule has 2 N–H and O–H groups in total. The van der Waals surface area contributed by atoms with Gasteiger partial charge in [0.25, 0.3) is 5.91 Å². The molecule has 5 heteroatoms. The van der Waals surface area contributed by atoms with Crippen LogP contribution in [0.15, 0.2) is 36.7 Å². The highest BCUT2D eigenvalue weighted by molar-refractivity contribution is 14.1. The number of primary amides is 1. The largest absolute Gasteiger partial charge is 0.366 e. The van der Waals surface area contributed by atoms with Crippen molar-refractivity contribution < 1.29 is 4.79 Å².